The topological polar surface area (TPSA) is 58.4 Å². The van der Waals surface area contributed by atoms with Gasteiger partial charge < -0.3 is 11.1 Å². The molecule has 2 atom stereocenters. The molecule has 3 N–H and O–H groups in total. The summed E-state index contributed by atoms with van der Waals surface area (Å²) in [5.74, 6) is 0.604. The van der Waals surface area contributed by atoms with Gasteiger partial charge in [0.2, 0.25) is 5.91 Å². The first-order valence-corrected chi connectivity index (χ1v) is 9.04. The summed E-state index contributed by atoms with van der Waals surface area (Å²) >= 11 is 12.1. The minimum Gasteiger partial charge on any atom is -0.330 e. The lowest BCUT2D eigenvalue weighted by atomic mass is 9.89. The van der Waals surface area contributed by atoms with Crippen LogP contribution in [0.25, 0.3) is 0 Å². The van der Waals surface area contributed by atoms with Gasteiger partial charge in [-0.3, -0.25) is 9.69 Å². The summed E-state index contributed by atoms with van der Waals surface area (Å²) < 4.78 is 0. The van der Waals surface area contributed by atoms with Gasteiger partial charge in [0.25, 0.3) is 0 Å². The molecule has 0 saturated carbocycles. The molecule has 0 aliphatic carbocycles. The number of hydrogen-bond acceptors (Lipinski definition) is 3. The number of nitrogens with zero attached hydrogens (tertiary/aromatic N) is 1. The Hall–Kier alpha value is -1.30. The third-order valence-corrected chi connectivity index (χ3v) is 5.18. The normalized spacial score (nSPS) is 19.8. The number of carbonyl (C=O) groups is 1. The summed E-state index contributed by atoms with van der Waals surface area (Å²) in [5, 5.41) is 3.85. The first-order valence-electron chi connectivity index (χ1n) is 8.29. The van der Waals surface area contributed by atoms with E-state index in [1.165, 1.54) is 5.56 Å². The molecular weight excluding hydrogens is 393 g/mol. The number of amides is 1. The van der Waals surface area contributed by atoms with Crippen molar-refractivity contribution in [2.45, 2.75) is 5.92 Å². The predicted octanol–water partition coefficient (Wildman–Crippen LogP) is 4.03. The fourth-order valence-corrected chi connectivity index (χ4v) is 3.73. The van der Waals surface area contributed by atoms with Crippen LogP contribution in [0.4, 0.5) is 5.69 Å². The van der Waals surface area contributed by atoms with Crippen molar-refractivity contribution in [1.82, 2.24) is 4.90 Å². The van der Waals surface area contributed by atoms with E-state index in [-0.39, 0.29) is 18.3 Å². The molecule has 0 bridgehead atoms. The standard InChI is InChI=1S/C19H21Cl2N3O.ClH/c20-15-6-7-17(21)18(8-15)23-19(25)12-24-10-14(9-22)16(11-24)13-4-2-1-3-5-13;/h1-8,14,16H,9-12,22H2,(H,23,25);1H/t14-,16+;/m1./s1. The lowest BCUT2D eigenvalue weighted by Gasteiger charge is -2.17. The largest absolute Gasteiger partial charge is 0.330 e. The third kappa shape index (κ3) is 5.12. The van der Waals surface area contributed by atoms with Crippen molar-refractivity contribution in [2.75, 3.05) is 31.5 Å². The molecule has 2 aromatic rings. The molecule has 3 rings (SSSR count). The lowest BCUT2D eigenvalue weighted by Crippen LogP contribution is -2.32. The predicted molar refractivity (Wildman–Crippen MR) is 111 cm³/mol. The maximum Gasteiger partial charge on any atom is 0.238 e. The molecule has 26 heavy (non-hydrogen) atoms. The summed E-state index contributed by atoms with van der Waals surface area (Å²) in [6, 6.07) is 15.4. The molecule has 1 fully saturated rings. The maximum atomic E-state index is 12.4. The van der Waals surface area contributed by atoms with Crippen LogP contribution in [-0.2, 0) is 4.79 Å². The van der Waals surface area contributed by atoms with E-state index in [0.717, 1.165) is 13.1 Å². The van der Waals surface area contributed by atoms with Gasteiger partial charge in [-0.25, -0.2) is 0 Å². The Bertz CT molecular complexity index is 742. The first-order chi connectivity index (χ1) is 12.1. The van der Waals surface area contributed by atoms with Crippen molar-refractivity contribution < 1.29 is 4.79 Å². The van der Waals surface area contributed by atoms with Gasteiger partial charge in [-0.2, -0.15) is 0 Å². The van der Waals surface area contributed by atoms with E-state index in [9.17, 15) is 4.79 Å². The fourth-order valence-electron chi connectivity index (χ4n) is 3.39. The first kappa shape index (κ1) is 21.0. The van der Waals surface area contributed by atoms with Crippen molar-refractivity contribution in [1.29, 1.82) is 0 Å². The van der Waals surface area contributed by atoms with Crippen LogP contribution in [0, 0.1) is 5.92 Å². The smallest absolute Gasteiger partial charge is 0.238 e. The Morgan fingerprint density at radius 1 is 1.15 bits per heavy atom. The van der Waals surface area contributed by atoms with Gasteiger partial charge in [0.05, 0.1) is 17.3 Å². The summed E-state index contributed by atoms with van der Waals surface area (Å²) in [6.07, 6.45) is 0. The van der Waals surface area contributed by atoms with Crippen molar-refractivity contribution in [2.24, 2.45) is 11.7 Å². The minimum absolute atomic E-state index is 0. The van der Waals surface area contributed by atoms with Crippen molar-refractivity contribution in [3.05, 3.63) is 64.1 Å². The van der Waals surface area contributed by atoms with Gasteiger partial charge in [-0.05, 0) is 36.2 Å². The molecule has 0 aromatic heterocycles. The van der Waals surface area contributed by atoms with Gasteiger partial charge in [-0.1, -0.05) is 53.5 Å². The Morgan fingerprint density at radius 3 is 2.58 bits per heavy atom. The summed E-state index contributed by atoms with van der Waals surface area (Å²) in [4.78, 5) is 14.5. The molecule has 7 heteroatoms. The zero-order valence-electron chi connectivity index (χ0n) is 14.2. The van der Waals surface area contributed by atoms with E-state index in [1.54, 1.807) is 18.2 Å². The summed E-state index contributed by atoms with van der Waals surface area (Å²) in [5.41, 5.74) is 7.77. The van der Waals surface area contributed by atoms with Crippen LogP contribution in [0.2, 0.25) is 10.0 Å². The van der Waals surface area contributed by atoms with E-state index in [1.807, 2.05) is 18.2 Å². The Labute approximate surface area is 170 Å². The molecule has 0 radical (unpaired) electrons. The van der Waals surface area contributed by atoms with Crippen molar-refractivity contribution >= 4 is 47.2 Å². The molecule has 1 heterocycles. The second-order valence-corrected chi connectivity index (χ2v) is 7.22. The summed E-state index contributed by atoms with van der Waals surface area (Å²) in [6.45, 7) is 2.55. The molecule has 4 nitrogen and oxygen atoms in total. The third-order valence-electron chi connectivity index (χ3n) is 4.62. The number of hydrogen-bond donors (Lipinski definition) is 2. The van der Waals surface area contributed by atoms with Crippen molar-refractivity contribution in [3.8, 4) is 0 Å². The van der Waals surface area contributed by atoms with Crippen LogP contribution < -0.4 is 11.1 Å². The SMILES string of the molecule is Cl.NC[C@@H]1CN(CC(=O)Nc2cc(Cl)ccc2Cl)C[C@H]1c1ccccc1. The zero-order valence-corrected chi connectivity index (χ0v) is 16.5. The van der Waals surface area contributed by atoms with E-state index in [4.69, 9.17) is 28.9 Å². The number of anilines is 1. The molecule has 1 aliphatic rings. The minimum atomic E-state index is -0.103. The number of rotatable bonds is 5. The zero-order chi connectivity index (χ0) is 17.8. The highest BCUT2D eigenvalue weighted by atomic mass is 35.5. The molecule has 0 unspecified atom stereocenters. The Morgan fingerprint density at radius 2 is 1.88 bits per heavy atom. The molecule has 2 aromatic carbocycles. The number of carbonyl (C=O) groups excluding carboxylic acids is 1. The fraction of sp³-hybridized carbons (Fsp3) is 0.316. The van der Waals surface area contributed by atoms with E-state index >= 15 is 0 Å². The Balaban J connectivity index is 0.00000243. The van der Waals surface area contributed by atoms with Crippen LogP contribution in [0.15, 0.2) is 48.5 Å². The lowest BCUT2D eigenvalue weighted by molar-refractivity contribution is -0.117. The van der Waals surface area contributed by atoms with Crippen LogP contribution in [0.5, 0.6) is 0 Å². The molecule has 140 valence electrons. The van der Waals surface area contributed by atoms with Crippen LogP contribution in [-0.4, -0.2) is 37.0 Å². The quantitative estimate of drug-likeness (QED) is 0.776. The van der Waals surface area contributed by atoms with Gasteiger partial charge in [0.15, 0.2) is 0 Å². The van der Waals surface area contributed by atoms with E-state index in [0.29, 0.717) is 40.7 Å². The highest BCUT2D eigenvalue weighted by molar-refractivity contribution is 6.35. The van der Waals surface area contributed by atoms with Gasteiger partial charge in [0, 0.05) is 24.0 Å². The number of halogens is 3. The van der Waals surface area contributed by atoms with Crippen LogP contribution >= 0.6 is 35.6 Å². The highest BCUT2D eigenvalue weighted by Crippen LogP contribution is 2.32. The average Bonchev–Trinajstić information content (AvgIpc) is 3.01. The highest BCUT2D eigenvalue weighted by Gasteiger charge is 2.33. The van der Waals surface area contributed by atoms with E-state index in [2.05, 4.69) is 22.3 Å². The average molecular weight is 415 g/mol. The van der Waals surface area contributed by atoms with Gasteiger partial charge >= 0.3 is 0 Å². The Kier molecular flexibility index (Phi) is 7.74. The van der Waals surface area contributed by atoms with Crippen molar-refractivity contribution in [3.63, 3.8) is 0 Å². The second kappa shape index (κ2) is 9.58. The van der Waals surface area contributed by atoms with E-state index < -0.39 is 0 Å². The number of likely N-dealkylation sites (tertiary alicyclic amines) is 1. The van der Waals surface area contributed by atoms with Crippen LogP contribution in [0.3, 0.4) is 0 Å². The molecule has 1 saturated heterocycles. The number of nitrogens with one attached hydrogen (secondary N) is 1. The molecular formula is C19H22Cl3N3O. The summed E-state index contributed by atoms with van der Waals surface area (Å²) in [7, 11) is 0. The maximum absolute atomic E-state index is 12.4. The van der Waals surface area contributed by atoms with Gasteiger partial charge in [0.1, 0.15) is 0 Å². The second-order valence-electron chi connectivity index (χ2n) is 6.38. The molecule has 0 spiro atoms. The molecule has 1 aliphatic heterocycles. The van der Waals surface area contributed by atoms with Gasteiger partial charge in [-0.15, -0.1) is 12.4 Å². The number of nitrogens with two attached hydrogens (primary N) is 1. The monoisotopic (exact) mass is 413 g/mol. The number of benzene rings is 2. The molecule has 1 amide bonds. The van der Waals surface area contributed by atoms with Crippen LogP contribution in [0.1, 0.15) is 11.5 Å².